The molecule has 45 heavy (non-hydrogen) atoms. The highest BCUT2D eigenvalue weighted by molar-refractivity contribution is 6.02. The molecule has 2 aromatic carbocycles. The molecule has 242 valence electrons. The molecule has 2 fully saturated rings. The molecule has 3 heterocycles. The second kappa shape index (κ2) is 13.7. The van der Waals surface area contributed by atoms with E-state index in [0.717, 1.165) is 43.3 Å². The highest BCUT2D eigenvalue weighted by atomic mass is 16.5. The number of carbonyl (C=O) groups is 2. The van der Waals surface area contributed by atoms with Gasteiger partial charge in [0.25, 0.3) is 11.8 Å². The fraction of sp³-hybridized carbons (Fsp3) is 0.471. The number of ether oxygens (including phenoxy) is 4. The third kappa shape index (κ3) is 6.68. The summed E-state index contributed by atoms with van der Waals surface area (Å²) in [6.45, 7) is 11.9. The van der Waals surface area contributed by atoms with Gasteiger partial charge >= 0.3 is 0 Å². The molecular formula is C34H44N4O7. The van der Waals surface area contributed by atoms with E-state index in [1.54, 1.807) is 36.3 Å². The van der Waals surface area contributed by atoms with E-state index in [4.69, 9.17) is 24.7 Å². The van der Waals surface area contributed by atoms with Crippen LogP contribution in [0, 0.1) is 0 Å². The summed E-state index contributed by atoms with van der Waals surface area (Å²) in [4.78, 5) is 30.0. The molecule has 11 nitrogen and oxygen atoms in total. The average molecular weight is 621 g/mol. The van der Waals surface area contributed by atoms with Crippen molar-refractivity contribution in [2.45, 2.75) is 63.8 Å². The van der Waals surface area contributed by atoms with Crippen LogP contribution >= 0.6 is 0 Å². The summed E-state index contributed by atoms with van der Waals surface area (Å²) >= 11 is 0. The molecule has 4 N–H and O–H groups in total. The number of rotatable bonds is 12. The Morgan fingerprint density at radius 1 is 0.956 bits per heavy atom. The zero-order valence-corrected chi connectivity index (χ0v) is 26.4. The van der Waals surface area contributed by atoms with Crippen molar-refractivity contribution in [3.63, 3.8) is 0 Å². The van der Waals surface area contributed by atoms with Crippen LogP contribution in [0.4, 0.5) is 11.4 Å². The van der Waals surface area contributed by atoms with Gasteiger partial charge in [-0.1, -0.05) is 31.2 Å². The molecule has 0 aromatic heterocycles. The number of hydrogen-bond acceptors (Lipinski definition) is 9. The second-order valence-electron chi connectivity index (χ2n) is 11.9. The minimum atomic E-state index is -0.916. The topological polar surface area (TPSA) is 136 Å². The van der Waals surface area contributed by atoms with Crippen molar-refractivity contribution < 1.29 is 33.6 Å². The zero-order valence-electron chi connectivity index (χ0n) is 26.4. The van der Waals surface area contributed by atoms with Crippen LogP contribution in [0.25, 0.3) is 0 Å². The molecule has 3 atom stereocenters. The van der Waals surface area contributed by atoms with E-state index in [1.165, 1.54) is 7.11 Å². The number of likely N-dealkylation sites (tertiary alicyclic amines) is 1. The largest absolute Gasteiger partial charge is 0.493 e. The van der Waals surface area contributed by atoms with E-state index < -0.39 is 6.23 Å². The molecule has 5 rings (SSSR count). The smallest absolute Gasteiger partial charge is 0.256 e. The zero-order chi connectivity index (χ0) is 32.2. The van der Waals surface area contributed by atoms with Crippen LogP contribution < -0.4 is 30.0 Å². The average Bonchev–Trinajstić information content (AvgIpc) is 3.59. The van der Waals surface area contributed by atoms with Crippen molar-refractivity contribution >= 4 is 23.2 Å². The van der Waals surface area contributed by atoms with Gasteiger partial charge in [0, 0.05) is 37.0 Å². The van der Waals surface area contributed by atoms with E-state index in [0.29, 0.717) is 78.2 Å². The number of aliphatic hydroxyl groups excluding tert-OH is 1. The highest BCUT2D eigenvalue weighted by Gasteiger charge is 2.40. The van der Waals surface area contributed by atoms with Gasteiger partial charge in [0.05, 0.1) is 50.3 Å². The van der Waals surface area contributed by atoms with Gasteiger partial charge in [0.15, 0.2) is 23.0 Å². The third-order valence-electron chi connectivity index (χ3n) is 8.72. The van der Waals surface area contributed by atoms with Crippen LogP contribution in [0.2, 0.25) is 0 Å². The van der Waals surface area contributed by atoms with Crippen LogP contribution in [0.3, 0.4) is 0 Å². The van der Waals surface area contributed by atoms with Crippen molar-refractivity contribution in [3.05, 3.63) is 59.7 Å². The quantitative estimate of drug-likeness (QED) is 0.177. The first kappa shape index (κ1) is 32.0. The molecule has 2 aromatic rings. The summed E-state index contributed by atoms with van der Waals surface area (Å²) in [5.41, 5.74) is 9.95. The molecule has 2 amide bonds. The highest BCUT2D eigenvalue weighted by Crippen LogP contribution is 2.39. The second-order valence-corrected chi connectivity index (χ2v) is 11.9. The van der Waals surface area contributed by atoms with Gasteiger partial charge in [-0.15, -0.1) is 0 Å². The van der Waals surface area contributed by atoms with Gasteiger partial charge < -0.3 is 44.9 Å². The molecule has 2 saturated heterocycles. The molecule has 3 unspecified atom stereocenters. The molecular weight excluding hydrogens is 576 g/mol. The number of aliphatic hydroxyl groups is 1. The summed E-state index contributed by atoms with van der Waals surface area (Å²) < 4.78 is 23.1. The Morgan fingerprint density at radius 3 is 2.27 bits per heavy atom. The van der Waals surface area contributed by atoms with Crippen LogP contribution in [-0.2, 0) is 0 Å². The molecule has 0 radical (unpaired) electrons. The fourth-order valence-electron chi connectivity index (χ4n) is 6.29. The lowest BCUT2D eigenvalue weighted by Crippen LogP contribution is -2.43. The summed E-state index contributed by atoms with van der Waals surface area (Å²) in [7, 11) is 3.07. The third-order valence-corrected chi connectivity index (χ3v) is 8.72. The lowest BCUT2D eigenvalue weighted by Gasteiger charge is -2.24. The number of nitrogen functional groups attached to an aromatic ring is 1. The van der Waals surface area contributed by atoms with E-state index in [2.05, 4.69) is 25.4 Å². The summed E-state index contributed by atoms with van der Waals surface area (Å²) in [6.07, 6.45) is 3.64. The maximum atomic E-state index is 13.3. The number of fused-ring (bicyclic) bond motifs is 2. The van der Waals surface area contributed by atoms with E-state index >= 15 is 0 Å². The number of benzene rings is 2. The Labute approximate surface area is 264 Å². The van der Waals surface area contributed by atoms with Crippen molar-refractivity contribution in [2.75, 3.05) is 51.6 Å². The Hall–Kier alpha value is -4.38. The monoisotopic (exact) mass is 620 g/mol. The molecule has 0 spiro atoms. The van der Waals surface area contributed by atoms with Crippen LogP contribution in [0.1, 0.15) is 66.2 Å². The Balaban J connectivity index is 1.13. The number of unbranched alkanes of at least 4 members (excludes halogenated alkanes) is 2. The van der Waals surface area contributed by atoms with Crippen molar-refractivity contribution in [2.24, 2.45) is 0 Å². The number of hydrogen-bond donors (Lipinski definition) is 3. The predicted octanol–water partition coefficient (Wildman–Crippen LogP) is 4.61. The number of nitrogens with two attached hydrogens (primary N) is 1. The predicted molar refractivity (Wildman–Crippen MR) is 172 cm³/mol. The van der Waals surface area contributed by atoms with Crippen molar-refractivity contribution in [1.82, 2.24) is 9.80 Å². The molecule has 0 saturated carbocycles. The number of methoxy groups -OCH3 is 2. The Morgan fingerprint density at radius 2 is 1.60 bits per heavy atom. The van der Waals surface area contributed by atoms with Crippen LogP contribution in [-0.4, -0.2) is 85.6 Å². The minimum Gasteiger partial charge on any atom is -0.493 e. The molecule has 11 heteroatoms. The van der Waals surface area contributed by atoms with Gasteiger partial charge in [-0.2, -0.15) is 0 Å². The maximum absolute atomic E-state index is 13.3. The van der Waals surface area contributed by atoms with Crippen LogP contribution in [0.15, 0.2) is 48.6 Å². The first-order valence-corrected chi connectivity index (χ1v) is 15.5. The van der Waals surface area contributed by atoms with Gasteiger partial charge in [-0.25, -0.2) is 0 Å². The van der Waals surface area contributed by atoms with Gasteiger partial charge in [0.2, 0.25) is 0 Å². The molecule has 3 aliphatic rings. The van der Waals surface area contributed by atoms with Gasteiger partial charge in [-0.3, -0.25) is 9.59 Å². The van der Waals surface area contributed by atoms with E-state index in [1.807, 2.05) is 4.90 Å². The lowest BCUT2D eigenvalue weighted by molar-refractivity contribution is 0.0581. The standard InChI is InChI=1S/C34H44N4O7/c1-6-22-12-20(2)18-37(22)33(40)23-14-28(42-4)30(16-25(23)35)44-10-8-7-9-11-45-31-17-26-24(15-29(31)43-5)34(41)38-19-21(3)13-27(38)32(39)36-26/h14-17,22,27,32,36,39H,2-3,6-13,18-19,35H2,1,4-5H3. The molecule has 0 aliphatic carbocycles. The summed E-state index contributed by atoms with van der Waals surface area (Å²) in [5, 5.41) is 13.8. The maximum Gasteiger partial charge on any atom is 0.256 e. The van der Waals surface area contributed by atoms with Gasteiger partial charge in [-0.05, 0) is 50.7 Å². The molecule has 3 aliphatic heterocycles. The summed E-state index contributed by atoms with van der Waals surface area (Å²) in [6, 6.07) is 6.44. The first-order valence-electron chi connectivity index (χ1n) is 15.5. The number of carbonyl (C=O) groups excluding carboxylic acids is 2. The lowest BCUT2D eigenvalue weighted by atomic mass is 10.1. The van der Waals surface area contributed by atoms with Crippen LogP contribution in [0.5, 0.6) is 23.0 Å². The number of nitrogens with one attached hydrogen (secondary N) is 1. The normalized spacial score (nSPS) is 20.8. The minimum absolute atomic E-state index is 0.126. The summed E-state index contributed by atoms with van der Waals surface area (Å²) in [5.74, 6) is 1.59. The fourth-order valence-corrected chi connectivity index (χ4v) is 6.29. The SMILES string of the molecule is C=C1CC(CC)N(C(=O)c2cc(OC)c(OCCCCCOc3cc4c(cc3OC)C(=O)N3CC(=C)CC3C(O)N4)cc2N)C1. The Bertz CT molecular complexity index is 1470. The number of anilines is 2. The number of nitrogens with zero attached hydrogens (tertiary/aromatic N) is 2. The van der Waals surface area contributed by atoms with E-state index in [-0.39, 0.29) is 23.9 Å². The first-order chi connectivity index (χ1) is 21.6. The number of amides is 2. The van der Waals surface area contributed by atoms with Gasteiger partial charge in [0.1, 0.15) is 6.23 Å². The Kier molecular flexibility index (Phi) is 9.77. The van der Waals surface area contributed by atoms with Crippen molar-refractivity contribution in [3.8, 4) is 23.0 Å². The molecule has 0 bridgehead atoms. The van der Waals surface area contributed by atoms with E-state index in [9.17, 15) is 14.7 Å². The van der Waals surface area contributed by atoms with Crippen molar-refractivity contribution in [1.29, 1.82) is 0 Å².